The van der Waals surface area contributed by atoms with Crippen LogP contribution in [0.1, 0.15) is 35.1 Å². The van der Waals surface area contributed by atoms with E-state index < -0.39 is 0 Å². The standard InChI is InChI=1S/C20H24N4O2/c1-6-17-22-20(26-23-17)19-14(4)10-15(5)24(19)11-18(25)21-16-9-12(2)7-8-13(16)3/h7-10H,6,11H2,1-5H3,(H,21,25). The van der Waals surface area contributed by atoms with E-state index in [1.165, 1.54) is 0 Å². The lowest BCUT2D eigenvalue weighted by atomic mass is 10.1. The number of amides is 1. The zero-order chi connectivity index (χ0) is 18.8. The normalized spacial score (nSPS) is 11.0. The molecule has 0 unspecified atom stereocenters. The van der Waals surface area contributed by atoms with Crippen molar-refractivity contribution in [3.05, 3.63) is 52.5 Å². The van der Waals surface area contributed by atoms with Gasteiger partial charge in [0, 0.05) is 17.8 Å². The molecule has 1 N–H and O–H groups in total. The number of rotatable bonds is 5. The lowest BCUT2D eigenvalue weighted by Crippen LogP contribution is -2.20. The van der Waals surface area contributed by atoms with Crippen molar-refractivity contribution in [1.29, 1.82) is 0 Å². The van der Waals surface area contributed by atoms with Crippen molar-refractivity contribution in [2.24, 2.45) is 0 Å². The van der Waals surface area contributed by atoms with Crippen molar-refractivity contribution >= 4 is 11.6 Å². The maximum atomic E-state index is 12.7. The third-order valence-electron chi connectivity index (χ3n) is 4.45. The van der Waals surface area contributed by atoms with E-state index >= 15 is 0 Å². The van der Waals surface area contributed by atoms with Crippen LogP contribution >= 0.6 is 0 Å². The molecule has 1 amide bonds. The van der Waals surface area contributed by atoms with Crippen molar-refractivity contribution in [3.63, 3.8) is 0 Å². The third-order valence-corrected chi connectivity index (χ3v) is 4.45. The van der Waals surface area contributed by atoms with Gasteiger partial charge in [-0.1, -0.05) is 24.2 Å². The van der Waals surface area contributed by atoms with E-state index in [0.29, 0.717) is 18.1 Å². The summed E-state index contributed by atoms with van der Waals surface area (Å²) in [4.78, 5) is 17.1. The summed E-state index contributed by atoms with van der Waals surface area (Å²) in [5.41, 5.74) is 5.76. The largest absolute Gasteiger partial charge is 0.332 e. The molecule has 0 spiro atoms. The third kappa shape index (κ3) is 3.54. The quantitative estimate of drug-likeness (QED) is 0.754. The highest BCUT2D eigenvalue weighted by molar-refractivity contribution is 5.91. The number of aryl methyl sites for hydroxylation is 5. The summed E-state index contributed by atoms with van der Waals surface area (Å²) in [7, 11) is 0. The van der Waals surface area contributed by atoms with Gasteiger partial charge in [-0.15, -0.1) is 0 Å². The molecule has 136 valence electrons. The summed E-state index contributed by atoms with van der Waals surface area (Å²) in [5, 5.41) is 6.98. The first kappa shape index (κ1) is 17.9. The van der Waals surface area contributed by atoms with Crippen LogP contribution in [-0.2, 0) is 17.8 Å². The van der Waals surface area contributed by atoms with E-state index in [1.807, 2.05) is 63.5 Å². The Balaban J connectivity index is 1.87. The van der Waals surface area contributed by atoms with Gasteiger partial charge >= 0.3 is 0 Å². The second-order valence-electron chi connectivity index (χ2n) is 6.64. The fraction of sp³-hybridized carbons (Fsp3) is 0.350. The first-order valence-corrected chi connectivity index (χ1v) is 8.75. The van der Waals surface area contributed by atoms with Crippen molar-refractivity contribution < 1.29 is 9.32 Å². The van der Waals surface area contributed by atoms with Gasteiger partial charge in [0.25, 0.3) is 5.89 Å². The van der Waals surface area contributed by atoms with Crippen LogP contribution < -0.4 is 5.32 Å². The Morgan fingerprint density at radius 2 is 1.92 bits per heavy atom. The van der Waals surface area contributed by atoms with Gasteiger partial charge in [-0.05, 0) is 56.5 Å². The maximum Gasteiger partial charge on any atom is 0.274 e. The van der Waals surface area contributed by atoms with Gasteiger partial charge in [0.1, 0.15) is 12.2 Å². The average molecular weight is 352 g/mol. The van der Waals surface area contributed by atoms with Crippen molar-refractivity contribution in [1.82, 2.24) is 14.7 Å². The first-order valence-electron chi connectivity index (χ1n) is 8.75. The SMILES string of the molecule is CCc1noc(-c2c(C)cc(C)n2CC(=O)Nc2cc(C)ccc2C)n1. The molecule has 0 saturated carbocycles. The maximum absolute atomic E-state index is 12.7. The lowest BCUT2D eigenvalue weighted by molar-refractivity contribution is -0.116. The molecule has 3 aromatic rings. The van der Waals surface area contributed by atoms with Gasteiger partial charge in [-0.25, -0.2) is 0 Å². The van der Waals surface area contributed by atoms with Crippen LogP contribution in [-0.4, -0.2) is 20.6 Å². The highest BCUT2D eigenvalue weighted by Crippen LogP contribution is 2.26. The van der Waals surface area contributed by atoms with Gasteiger partial charge in [-0.2, -0.15) is 4.98 Å². The number of anilines is 1. The predicted molar refractivity (Wildman–Crippen MR) is 101 cm³/mol. The Hall–Kier alpha value is -2.89. The van der Waals surface area contributed by atoms with Crippen LogP contribution in [0.5, 0.6) is 0 Å². The van der Waals surface area contributed by atoms with E-state index in [1.54, 1.807) is 0 Å². The molecule has 6 nitrogen and oxygen atoms in total. The molecule has 0 bridgehead atoms. The van der Waals surface area contributed by atoms with E-state index in [2.05, 4.69) is 15.5 Å². The summed E-state index contributed by atoms with van der Waals surface area (Å²) >= 11 is 0. The van der Waals surface area contributed by atoms with Gasteiger partial charge in [0.2, 0.25) is 5.91 Å². The van der Waals surface area contributed by atoms with Crippen molar-refractivity contribution in [3.8, 4) is 11.6 Å². The topological polar surface area (TPSA) is 73.0 Å². The fourth-order valence-electron chi connectivity index (χ4n) is 3.03. The van der Waals surface area contributed by atoms with E-state index in [4.69, 9.17) is 4.52 Å². The zero-order valence-corrected chi connectivity index (χ0v) is 15.9. The Labute approximate surface area is 153 Å². The number of carbonyl (C=O) groups excluding carboxylic acids is 1. The molecule has 2 aromatic heterocycles. The Morgan fingerprint density at radius 3 is 2.62 bits per heavy atom. The highest BCUT2D eigenvalue weighted by Gasteiger charge is 2.20. The zero-order valence-electron chi connectivity index (χ0n) is 15.9. The molecule has 2 heterocycles. The fourth-order valence-corrected chi connectivity index (χ4v) is 3.03. The lowest BCUT2D eigenvalue weighted by Gasteiger charge is -2.12. The number of nitrogens with zero attached hydrogens (tertiary/aromatic N) is 3. The minimum atomic E-state index is -0.0890. The summed E-state index contributed by atoms with van der Waals surface area (Å²) in [6.07, 6.45) is 0.704. The Kier molecular flexibility index (Phi) is 4.93. The van der Waals surface area contributed by atoms with Crippen LogP contribution in [0, 0.1) is 27.7 Å². The summed E-state index contributed by atoms with van der Waals surface area (Å²) in [6, 6.07) is 8.04. The molecule has 0 aliphatic carbocycles. The molecule has 0 fully saturated rings. The number of hydrogen-bond acceptors (Lipinski definition) is 4. The van der Waals surface area contributed by atoms with E-state index in [-0.39, 0.29) is 12.5 Å². The van der Waals surface area contributed by atoms with Crippen LogP contribution in [0.4, 0.5) is 5.69 Å². The molecule has 0 saturated heterocycles. The Bertz CT molecular complexity index is 953. The summed E-state index contributed by atoms with van der Waals surface area (Å²) in [6.45, 7) is 10.1. The summed E-state index contributed by atoms with van der Waals surface area (Å²) in [5.74, 6) is 1.02. The van der Waals surface area contributed by atoms with E-state index in [9.17, 15) is 4.79 Å². The molecule has 6 heteroatoms. The molecule has 3 rings (SSSR count). The first-order chi connectivity index (χ1) is 12.4. The molecule has 26 heavy (non-hydrogen) atoms. The molecule has 0 aliphatic rings. The van der Waals surface area contributed by atoms with Crippen LogP contribution in [0.2, 0.25) is 0 Å². The predicted octanol–water partition coefficient (Wildman–Crippen LogP) is 3.97. The molecule has 0 atom stereocenters. The molecule has 0 aliphatic heterocycles. The van der Waals surface area contributed by atoms with Gasteiger partial charge in [0.05, 0.1) is 0 Å². The average Bonchev–Trinajstić information content (AvgIpc) is 3.15. The second kappa shape index (κ2) is 7.15. The minimum Gasteiger partial charge on any atom is -0.332 e. The number of carbonyl (C=O) groups is 1. The van der Waals surface area contributed by atoms with Crippen molar-refractivity contribution in [2.45, 2.75) is 47.6 Å². The summed E-state index contributed by atoms with van der Waals surface area (Å²) < 4.78 is 7.32. The molecular weight excluding hydrogens is 328 g/mol. The van der Waals surface area contributed by atoms with Gasteiger partial charge in [-0.3, -0.25) is 4.79 Å². The monoisotopic (exact) mass is 352 g/mol. The Morgan fingerprint density at radius 1 is 1.15 bits per heavy atom. The van der Waals surface area contributed by atoms with Crippen LogP contribution in [0.3, 0.4) is 0 Å². The number of benzene rings is 1. The smallest absolute Gasteiger partial charge is 0.274 e. The number of hydrogen-bond donors (Lipinski definition) is 1. The van der Waals surface area contributed by atoms with Gasteiger partial charge < -0.3 is 14.4 Å². The number of nitrogens with one attached hydrogen (secondary N) is 1. The minimum absolute atomic E-state index is 0.0890. The van der Waals surface area contributed by atoms with E-state index in [0.717, 1.165) is 33.8 Å². The molecule has 1 aromatic carbocycles. The van der Waals surface area contributed by atoms with Crippen molar-refractivity contribution in [2.75, 3.05) is 5.32 Å². The highest BCUT2D eigenvalue weighted by atomic mass is 16.5. The molecular formula is C20H24N4O2. The van der Waals surface area contributed by atoms with Gasteiger partial charge in [0.15, 0.2) is 5.82 Å². The molecule has 0 radical (unpaired) electrons. The van der Waals surface area contributed by atoms with Crippen LogP contribution in [0.15, 0.2) is 28.8 Å². The number of aromatic nitrogens is 3. The second-order valence-corrected chi connectivity index (χ2v) is 6.64. The van der Waals surface area contributed by atoms with Crippen LogP contribution in [0.25, 0.3) is 11.6 Å².